The molecule has 2 aromatic heterocycles. The van der Waals surface area contributed by atoms with E-state index in [-0.39, 0.29) is 24.1 Å². The van der Waals surface area contributed by atoms with E-state index in [1.54, 1.807) is 36.0 Å². The van der Waals surface area contributed by atoms with E-state index < -0.39 is 0 Å². The lowest BCUT2D eigenvalue weighted by Crippen LogP contribution is -2.09. The molecule has 8 heteroatoms. The Kier molecular flexibility index (Phi) is 5.54. The van der Waals surface area contributed by atoms with E-state index in [1.807, 2.05) is 13.8 Å². The molecule has 0 aliphatic carbocycles. The van der Waals surface area contributed by atoms with Gasteiger partial charge >= 0.3 is 0 Å². The Hall–Kier alpha value is -3.16. The van der Waals surface area contributed by atoms with Crippen molar-refractivity contribution in [2.45, 2.75) is 26.9 Å². The third-order valence-electron chi connectivity index (χ3n) is 3.94. The number of hydrogen-bond acceptors (Lipinski definition) is 6. The second-order valence-electron chi connectivity index (χ2n) is 6.58. The predicted octanol–water partition coefficient (Wildman–Crippen LogP) is 3.22. The fourth-order valence-electron chi connectivity index (χ4n) is 2.53. The first kappa shape index (κ1) is 18.6. The molecule has 0 fully saturated rings. The van der Waals surface area contributed by atoms with Crippen molar-refractivity contribution < 1.29 is 13.9 Å². The highest BCUT2D eigenvalue weighted by atomic mass is 19.1. The molecule has 140 valence electrons. The highest BCUT2D eigenvalue weighted by molar-refractivity contribution is 5.94. The van der Waals surface area contributed by atoms with Crippen LogP contribution < -0.4 is 4.74 Å². The highest BCUT2D eigenvalue weighted by Gasteiger charge is 2.15. The van der Waals surface area contributed by atoms with Crippen molar-refractivity contribution in [2.75, 3.05) is 0 Å². The van der Waals surface area contributed by atoms with Crippen LogP contribution in [0.15, 0.2) is 36.4 Å². The molecule has 7 nitrogen and oxygen atoms in total. The van der Waals surface area contributed by atoms with E-state index in [0.29, 0.717) is 29.4 Å². The lowest BCUT2D eigenvalue weighted by molar-refractivity contribution is 0.0961. The molecule has 3 aromatic rings. The van der Waals surface area contributed by atoms with Crippen LogP contribution in [0, 0.1) is 11.7 Å². The minimum Gasteiger partial charge on any atom is -0.470 e. The third kappa shape index (κ3) is 4.52. The molecule has 0 aliphatic heterocycles. The lowest BCUT2D eigenvalue weighted by atomic mass is 10.1. The van der Waals surface area contributed by atoms with Crippen LogP contribution in [0.1, 0.15) is 36.5 Å². The summed E-state index contributed by atoms with van der Waals surface area (Å²) < 4.78 is 20.4. The van der Waals surface area contributed by atoms with Crippen LogP contribution in [0.25, 0.3) is 11.3 Å². The molecule has 0 N–H and O–H groups in total. The Morgan fingerprint density at radius 2 is 1.85 bits per heavy atom. The Morgan fingerprint density at radius 1 is 1.11 bits per heavy atom. The van der Waals surface area contributed by atoms with Gasteiger partial charge in [-0.3, -0.25) is 4.79 Å². The van der Waals surface area contributed by atoms with E-state index in [1.165, 1.54) is 12.1 Å². The number of nitrogens with zero attached hydrogens (tertiary/aromatic N) is 5. The fourth-order valence-corrected chi connectivity index (χ4v) is 2.53. The maximum absolute atomic E-state index is 13.1. The number of aromatic nitrogens is 5. The molecule has 0 radical (unpaired) electrons. The standard InChI is InChI=1S/C19H20FN5O2/c1-12(2)10-17(26)15-8-9-18(22-21-15)27-11-16-19(23-24-25(16)3)13-4-6-14(20)7-5-13/h4-9,12H,10-11H2,1-3H3. The molecular weight excluding hydrogens is 349 g/mol. The van der Waals surface area contributed by atoms with Crippen LogP contribution in [-0.4, -0.2) is 31.0 Å². The summed E-state index contributed by atoms with van der Waals surface area (Å²) in [6.07, 6.45) is 0.427. The number of hydrogen-bond donors (Lipinski definition) is 0. The molecule has 0 saturated heterocycles. The van der Waals surface area contributed by atoms with Gasteiger partial charge in [0.15, 0.2) is 5.78 Å². The fraction of sp³-hybridized carbons (Fsp3) is 0.316. The number of carbonyl (C=O) groups excluding carboxylic acids is 1. The zero-order valence-electron chi connectivity index (χ0n) is 15.4. The molecule has 0 amide bonds. The van der Waals surface area contributed by atoms with Crippen molar-refractivity contribution in [3.63, 3.8) is 0 Å². The van der Waals surface area contributed by atoms with Gasteiger partial charge in [0.05, 0.1) is 0 Å². The van der Waals surface area contributed by atoms with Crippen molar-refractivity contribution in [3.8, 4) is 17.1 Å². The van der Waals surface area contributed by atoms with Crippen molar-refractivity contribution >= 4 is 5.78 Å². The van der Waals surface area contributed by atoms with Crippen molar-refractivity contribution in [1.29, 1.82) is 0 Å². The van der Waals surface area contributed by atoms with Gasteiger partial charge < -0.3 is 4.74 Å². The first-order chi connectivity index (χ1) is 12.9. The second kappa shape index (κ2) is 8.03. The van der Waals surface area contributed by atoms with E-state index in [4.69, 9.17) is 4.74 Å². The minimum absolute atomic E-state index is 0.0431. The molecule has 3 rings (SSSR count). The summed E-state index contributed by atoms with van der Waals surface area (Å²) >= 11 is 0. The number of Topliss-reactive ketones (excluding diaryl/α,β-unsaturated/α-hetero) is 1. The van der Waals surface area contributed by atoms with Crippen molar-refractivity contribution in [1.82, 2.24) is 25.2 Å². The number of rotatable bonds is 7. The van der Waals surface area contributed by atoms with E-state index >= 15 is 0 Å². The Balaban J connectivity index is 1.71. The number of halogens is 1. The minimum atomic E-state index is -0.317. The van der Waals surface area contributed by atoms with E-state index in [2.05, 4.69) is 20.5 Å². The number of ether oxygens (including phenoxy) is 1. The molecule has 0 saturated carbocycles. The zero-order chi connectivity index (χ0) is 19.4. The van der Waals surface area contributed by atoms with Gasteiger partial charge in [-0.1, -0.05) is 19.1 Å². The second-order valence-corrected chi connectivity index (χ2v) is 6.58. The largest absolute Gasteiger partial charge is 0.470 e. The van der Waals surface area contributed by atoms with Gasteiger partial charge in [0.2, 0.25) is 5.88 Å². The van der Waals surface area contributed by atoms with Gasteiger partial charge in [-0.2, -0.15) is 0 Å². The SMILES string of the molecule is CC(C)CC(=O)c1ccc(OCc2c(-c3ccc(F)cc3)nnn2C)nn1. The van der Waals surface area contributed by atoms with Gasteiger partial charge in [-0.05, 0) is 36.2 Å². The van der Waals surface area contributed by atoms with Crippen LogP contribution in [0.5, 0.6) is 5.88 Å². The smallest absolute Gasteiger partial charge is 0.233 e. The predicted molar refractivity (Wildman–Crippen MR) is 96.5 cm³/mol. The molecule has 0 bridgehead atoms. The molecule has 0 atom stereocenters. The van der Waals surface area contributed by atoms with Gasteiger partial charge in [0.1, 0.15) is 29.5 Å². The first-order valence-corrected chi connectivity index (χ1v) is 8.58. The normalized spacial score (nSPS) is 11.0. The number of benzene rings is 1. The highest BCUT2D eigenvalue weighted by Crippen LogP contribution is 2.22. The Labute approximate surface area is 156 Å². The summed E-state index contributed by atoms with van der Waals surface area (Å²) in [5.41, 5.74) is 2.38. The zero-order valence-corrected chi connectivity index (χ0v) is 15.4. The maximum Gasteiger partial charge on any atom is 0.233 e. The molecule has 0 unspecified atom stereocenters. The average molecular weight is 369 g/mol. The van der Waals surface area contributed by atoms with Crippen molar-refractivity contribution in [3.05, 3.63) is 53.6 Å². The number of carbonyl (C=O) groups is 1. The molecule has 27 heavy (non-hydrogen) atoms. The summed E-state index contributed by atoms with van der Waals surface area (Å²) in [4.78, 5) is 12.0. The molecule has 0 spiro atoms. The molecule has 1 aromatic carbocycles. The van der Waals surface area contributed by atoms with Crippen LogP contribution >= 0.6 is 0 Å². The van der Waals surface area contributed by atoms with E-state index in [9.17, 15) is 9.18 Å². The number of ketones is 1. The van der Waals surface area contributed by atoms with Crippen LogP contribution in [0.4, 0.5) is 4.39 Å². The maximum atomic E-state index is 13.1. The van der Waals surface area contributed by atoms with Gasteiger partial charge in [0.25, 0.3) is 0 Å². The van der Waals surface area contributed by atoms with Gasteiger partial charge in [-0.25, -0.2) is 9.07 Å². The summed E-state index contributed by atoms with van der Waals surface area (Å²) in [6, 6.07) is 9.23. The van der Waals surface area contributed by atoms with Crippen LogP contribution in [0.2, 0.25) is 0 Å². The first-order valence-electron chi connectivity index (χ1n) is 8.58. The van der Waals surface area contributed by atoms with Crippen LogP contribution in [-0.2, 0) is 13.7 Å². The molecular formula is C19H20FN5O2. The van der Waals surface area contributed by atoms with Crippen LogP contribution in [0.3, 0.4) is 0 Å². The molecule has 0 aliphatic rings. The van der Waals surface area contributed by atoms with E-state index in [0.717, 1.165) is 5.56 Å². The Bertz CT molecular complexity index is 920. The summed E-state index contributed by atoms with van der Waals surface area (Å²) in [6.45, 7) is 4.11. The molecule has 2 heterocycles. The average Bonchev–Trinajstić information content (AvgIpc) is 3.01. The lowest BCUT2D eigenvalue weighted by Gasteiger charge is -2.07. The topological polar surface area (TPSA) is 82.8 Å². The monoisotopic (exact) mass is 369 g/mol. The van der Waals surface area contributed by atoms with Gasteiger partial charge in [0, 0.05) is 25.1 Å². The van der Waals surface area contributed by atoms with Crippen molar-refractivity contribution in [2.24, 2.45) is 13.0 Å². The summed E-state index contributed by atoms with van der Waals surface area (Å²) in [5, 5.41) is 16.0. The Morgan fingerprint density at radius 3 is 2.48 bits per heavy atom. The number of aryl methyl sites for hydroxylation is 1. The van der Waals surface area contributed by atoms with Gasteiger partial charge in [-0.15, -0.1) is 15.3 Å². The third-order valence-corrected chi connectivity index (χ3v) is 3.94. The quantitative estimate of drug-likeness (QED) is 0.595. The summed E-state index contributed by atoms with van der Waals surface area (Å²) in [5.74, 6) is 0.195. The summed E-state index contributed by atoms with van der Waals surface area (Å²) in [7, 11) is 1.75.